The minimum absolute atomic E-state index is 0.352. The second-order valence-electron chi connectivity index (χ2n) is 4.26. The summed E-state index contributed by atoms with van der Waals surface area (Å²) in [6, 6.07) is 8.55. The molecule has 0 aromatic heterocycles. The maximum absolute atomic E-state index is 5.77. The van der Waals surface area contributed by atoms with Gasteiger partial charge in [-0.25, -0.2) is 0 Å². The van der Waals surface area contributed by atoms with Gasteiger partial charge in [-0.3, -0.25) is 0 Å². The molecule has 1 aromatic rings. The average molecular weight is 312 g/mol. The van der Waals surface area contributed by atoms with Crippen LogP contribution in [0.3, 0.4) is 0 Å². The largest absolute Gasteiger partial charge is 0.488 e. The third-order valence-corrected chi connectivity index (χ3v) is 2.96. The van der Waals surface area contributed by atoms with Gasteiger partial charge in [0.25, 0.3) is 0 Å². The smallest absolute Gasteiger partial charge is 0.124 e. The van der Waals surface area contributed by atoms with Gasteiger partial charge in [0, 0.05) is 16.1 Å². The number of benzene rings is 1. The van der Waals surface area contributed by atoms with Crippen LogP contribution in [0.1, 0.15) is 38.3 Å². The highest BCUT2D eigenvalue weighted by Gasteiger charge is 2.13. The average Bonchev–Trinajstić information content (AvgIpc) is 2.38. The van der Waals surface area contributed by atoms with Gasteiger partial charge in [-0.1, -0.05) is 54.6 Å². The van der Waals surface area contributed by atoms with E-state index in [1.54, 1.807) is 0 Å². The summed E-state index contributed by atoms with van der Waals surface area (Å²) in [6.45, 7) is 9.68. The highest BCUT2D eigenvalue weighted by Crippen LogP contribution is 2.27. The van der Waals surface area contributed by atoms with Crippen LogP contribution >= 0.6 is 15.9 Å². The molecule has 0 fully saturated rings. The van der Waals surface area contributed by atoms with Gasteiger partial charge in [-0.05, 0) is 25.5 Å². The molecule has 1 unspecified atom stereocenters. The van der Waals surface area contributed by atoms with Gasteiger partial charge in [-0.2, -0.15) is 0 Å². The number of hydrogen-bond donors (Lipinski definition) is 1. The van der Waals surface area contributed by atoms with Crippen LogP contribution in [-0.2, 0) is 0 Å². The number of ether oxygens (including phenoxy) is 1. The van der Waals surface area contributed by atoms with Crippen LogP contribution < -0.4 is 10.1 Å². The molecule has 2 nitrogen and oxygen atoms in total. The van der Waals surface area contributed by atoms with Crippen LogP contribution in [0.5, 0.6) is 5.75 Å². The Bertz CT molecular complexity index is 379. The Morgan fingerprint density at radius 1 is 1.39 bits per heavy atom. The highest BCUT2D eigenvalue weighted by molar-refractivity contribution is 9.11. The molecule has 1 atom stereocenters. The van der Waals surface area contributed by atoms with Crippen LogP contribution in [0.25, 0.3) is 0 Å². The molecule has 0 saturated carbocycles. The zero-order valence-electron chi connectivity index (χ0n) is 11.2. The molecule has 0 bridgehead atoms. The van der Waals surface area contributed by atoms with Crippen molar-refractivity contribution in [3.8, 4) is 5.75 Å². The maximum Gasteiger partial charge on any atom is 0.124 e. The molecule has 1 aromatic carbocycles. The lowest BCUT2D eigenvalue weighted by Gasteiger charge is -2.20. The van der Waals surface area contributed by atoms with Crippen molar-refractivity contribution in [2.45, 2.75) is 32.7 Å². The fraction of sp³-hybridized carbons (Fsp3) is 0.467. The summed E-state index contributed by atoms with van der Waals surface area (Å²) in [5, 5.41) is 3.55. The summed E-state index contributed by atoms with van der Waals surface area (Å²) >= 11 is 3.32. The molecule has 0 aliphatic rings. The van der Waals surface area contributed by atoms with E-state index >= 15 is 0 Å². The predicted molar refractivity (Wildman–Crippen MR) is 81.3 cm³/mol. The van der Waals surface area contributed by atoms with Gasteiger partial charge < -0.3 is 10.1 Å². The molecule has 100 valence electrons. The standard InChI is InChI=1S/C15H22BrNO/c1-4-10-17-14(5-2)13-8-6-7-9-15(13)18-11-12(3)16/h6-9,14,17H,3-5,10-11H2,1-2H3. The number of hydrogen-bond acceptors (Lipinski definition) is 2. The quantitative estimate of drug-likeness (QED) is 0.767. The SMILES string of the molecule is C=C(Br)COc1ccccc1C(CC)NCCC. The number of rotatable bonds is 8. The Labute approximate surface area is 119 Å². The fourth-order valence-corrected chi connectivity index (χ4v) is 1.96. The molecule has 0 spiro atoms. The molecule has 1 N–H and O–H groups in total. The van der Waals surface area contributed by atoms with Gasteiger partial charge in [0.1, 0.15) is 12.4 Å². The van der Waals surface area contributed by atoms with Gasteiger partial charge in [0.15, 0.2) is 0 Å². The van der Waals surface area contributed by atoms with Crippen molar-refractivity contribution in [1.82, 2.24) is 5.32 Å². The zero-order valence-corrected chi connectivity index (χ0v) is 12.8. The van der Waals surface area contributed by atoms with E-state index in [1.165, 1.54) is 5.56 Å². The van der Waals surface area contributed by atoms with E-state index in [4.69, 9.17) is 4.74 Å². The highest BCUT2D eigenvalue weighted by atomic mass is 79.9. The first-order valence-corrected chi connectivity index (χ1v) is 7.26. The molecule has 0 radical (unpaired) electrons. The van der Waals surface area contributed by atoms with E-state index in [2.05, 4.69) is 53.8 Å². The first-order chi connectivity index (χ1) is 8.69. The normalized spacial score (nSPS) is 12.2. The minimum atomic E-state index is 0.352. The molecular weight excluding hydrogens is 290 g/mol. The van der Waals surface area contributed by atoms with Crippen molar-refractivity contribution in [1.29, 1.82) is 0 Å². The first-order valence-electron chi connectivity index (χ1n) is 6.47. The van der Waals surface area contributed by atoms with E-state index in [0.29, 0.717) is 12.6 Å². The van der Waals surface area contributed by atoms with Crippen molar-refractivity contribution in [3.05, 3.63) is 40.9 Å². The predicted octanol–water partition coefficient (Wildman–Crippen LogP) is 4.42. The van der Waals surface area contributed by atoms with Crippen LogP contribution in [0.4, 0.5) is 0 Å². The summed E-state index contributed by atoms with van der Waals surface area (Å²) in [6.07, 6.45) is 2.19. The third kappa shape index (κ3) is 4.83. The van der Waals surface area contributed by atoms with E-state index in [9.17, 15) is 0 Å². The molecule has 3 heteroatoms. The lowest BCUT2D eigenvalue weighted by Crippen LogP contribution is -2.22. The summed E-state index contributed by atoms with van der Waals surface area (Å²) in [7, 11) is 0. The summed E-state index contributed by atoms with van der Waals surface area (Å²) in [5.74, 6) is 0.938. The number of nitrogens with one attached hydrogen (secondary N) is 1. The topological polar surface area (TPSA) is 21.3 Å². The third-order valence-electron chi connectivity index (χ3n) is 2.73. The molecular formula is C15H22BrNO. The number of para-hydroxylation sites is 1. The van der Waals surface area contributed by atoms with Crippen molar-refractivity contribution >= 4 is 15.9 Å². The van der Waals surface area contributed by atoms with Crippen LogP contribution in [0.2, 0.25) is 0 Å². The van der Waals surface area contributed by atoms with Crippen LogP contribution in [0.15, 0.2) is 35.3 Å². The Hall–Kier alpha value is -0.800. The second-order valence-corrected chi connectivity index (χ2v) is 5.38. The van der Waals surface area contributed by atoms with Crippen molar-refractivity contribution in [2.75, 3.05) is 13.2 Å². The van der Waals surface area contributed by atoms with E-state index in [-0.39, 0.29) is 0 Å². The van der Waals surface area contributed by atoms with Crippen LogP contribution in [0, 0.1) is 0 Å². The molecule has 0 aliphatic carbocycles. The lowest BCUT2D eigenvalue weighted by molar-refractivity contribution is 0.349. The molecule has 18 heavy (non-hydrogen) atoms. The van der Waals surface area contributed by atoms with Crippen molar-refractivity contribution in [3.63, 3.8) is 0 Å². The summed E-state index contributed by atoms with van der Waals surface area (Å²) < 4.78 is 6.63. The van der Waals surface area contributed by atoms with Crippen molar-refractivity contribution in [2.24, 2.45) is 0 Å². The van der Waals surface area contributed by atoms with E-state index in [0.717, 1.165) is 29.6 Å². The Balaban J connectivity index is 2.81. The van der Waals surface area contributed by atoms with Crippen molar-refractivity contribution < 1.29 is 4.74 Å². The second kappa shape index (κ2) is 8.33. The molecule has 0 saturated heterocycles. The first kappa shape index (κ1) is 15.3. The Kier molecular flexibility index (Phi) is 7.06. The Morgan fingerprint density at radius 2 is 2.11 bits per heavy atom. The lowest BCUT2D eigenvalue weighted by atomic mass is 10.0. The molecule has 0 amide bonds. The van der Waals surface area contributed by atoms with Gasteiger partial charge >= 0.3 is 0 Å². The van der Waals surface area contributed by atoms with Gasteiger partial charge in [0.2, 0.25) is 0 Å². The number of halogens is 1. The monoisotopic (exact) mass is 311 g/mol. The minimum Gasteiger partial charge on any atom is -0.488 e. The van der Waals surface area contributed by atoms with Gasteiger partial charge in [-0.15, -0.1) is 0 Å². The zero-order chi connectivity index (χ0) is 13.4. The van der Waals surface area contributed by atoms with Crippen LogP contribution in [-0.4, -0.2) is 13.2 Å². The summed E-state index contributed by atoms with van der Waals surface area (Å²) in [5.41, 5.74) is 1.22. The fourth-order valence-electron chi connectivity index (χ4n) is 1.85. The van der Waals surface area contributed by atoms with E-state index in [1.807, 2.05) is 12.1 Å². The van der Waals surface area contributed by atoms with Gasteiger partial charge in [0.05, 0.1) is 0 Å². The molecule has 0 heterocycles. The van der Waals surface area contributed by atoms with E-state index < -0.39 is 0 Å². The Morgan fingerprint density at radius 3 is 2.72 bits per heavy atom. The maximum atomic E-state index is 5.77. The molecule has 1 rings (SSSR count). The summed E-state index contributed by atoms with van der Waals surface area (Å²) in [4.78, 5) is 0. The molecule has 0 aliphatic heterocycles.